The highest BCUT2D eigenvalue weighted by atomic mass is 15.0. The summed E-state index contributed by atoms with van der Waals surface area (Å²) in [5.41, 5.74) is 9.64. The van der Waals surface area contributed by atoms with Crippen molar-refractivity contribution < 1.29 is 0 Å². The van der Waals surface area contributed by atoms with E-state index in [0.717, 1.165) is 5.69 Å². The number of hydrogen-bond acceptors (Lipinski definition) is 0. The molecule has 11 rings (SSSR count). The van der Waals surface area contributed by atoms with E-state index in [2.05, 4.69) is 191 Å². The number of fused-ring (bicyclic) bond motifs is 12. The van der Waals surface area contributed by atoms with Gasteiger partial charge in [-0.1, -0.05) is 127 Å². The highest BCUT2D eigenvalue weighted by molar-refractivity contribution is 6.28. The Kier molecular flexibility index (Phi) is 5.70. The molecule has 2 heterocycles. The molecule has 0 unspecified atom stereocenters. The molecule has 2 nitrogen and oxygen atoms in total. The van der Waals surface area contributed by atoms with E-state index in [-0.39, 0.29) is 0 Å². The molecule has 0 amide bonds. The zero-order chi connectivity index (χ0) is 32.8. The lowest BCUT2D eigenvalue weighted by Crippen LogP contribution is -1.94. The van der Waals surface area contributed by atoms with Crippen LogP contribution < -0.4 is 0 Å². The molecule has 0 spiro atoms. The minimum Gasteiger partial charge on any atom is -0.309 e. The van der Waals surface area contributed by atoms with Gasteiger partial charge in [0.25, 0.3) is 0 Å². The van der Waals surface area contributed by atoms with Gasteiger partial charge < -0.3 is 9.13 Å². The zero-order valence-corrected chi connectivity index (χ0v) is 27.2. The Morgan fingerprint density at radius 3 is 1.26 bits per heavy atom. The molecule has 0 aliphatic carbocycles. The lowest BCUT2D eigenvalue weighted by Gasteiger charge is -2.11. The Balaban J connectivity index is 1.12. The molecule has 9 aromatic carbocycles. The molecule has 232 valence electrons. The van der Waals surface area contributed by atoms with Gasteiger partial charge in [-0.3, -0.25) is 0 Å². The van der Waals surface area contributed by atoms with Gasteiger partial charge in [0, 0.05) is 32.9 Å². The van der Waals surface area contributed by atoms with E-state index < -0.39 is 0 Å². The van der Waals surface area contributed by atoms with Gasteiger partial charge in [-0.25, -0.2) is 0 Å². The fourth-order valence-corrected chi connectivity index (χ4v) is 8.45. The van der Waals surface area contributed by atoms with Gasteiger partial charge >= 0.3 is 0 Å². The van der Waals surface area contributed by atoms with Crippen molar-refractivity contribution in [1.29, 1.82) is 0 Å². The topological polar surface area (TPSA) is 9.86 Å². The van der Waals surface area contributed by atoms with Crippen LogP contribution in [0.25, 0.3) is 98.4 Å². The maximum Gasteiger partial charge on any atom is 0.0547 e. The van der Waals surface area contributed by atoms with Crippen molar-refractivity contribution in [1.82, 2.24) is 9.13 Å². The van der Waals surface area contributed by atoms with Crippen LogP contribution in [0.2, 0.25) is 0 Å². The van der Waals surface area contributed by atoms with Crippen molar-refractivity contribution in [3.8, 4) is 22.5 Å². The molecule has 0 saturated heterocycles. The molecule has 0 radical (unpaired) electrons. The molecular weight excluding hydrogens is 605 g/mol. The monoisotopic (exact) mass is 634 g/mol. The third-order valence-corrected chi connectivity index (χ3v) is 10.7. The summed E-state index contributed by atoms with van der Waals surface area (Å²) in [4.78, 5) is 0. The third kappa shape index (κ3) is 3.85. The third-order valence-electron chi connectivity index (χ3n) is 10.7. The second kappa shape index (κ2) is 10.4. The van der Waals surface area contributed by atoms with E-state index in [1.165, 1.54) is 92.7 Å². The van der Waals surface area contributed by atoms with Gasteiger partial charge in [-0.15, -0.1) is 0 Å². The molecule has 0 N–H and O–H groups in total. The Morgan fingerprint density at radius 2 is 0.680 bits per heavy atom. The molecule has 0 aliphatic heterocycles. The summed E-state index contributed by atoms with van der Waals surface area (Å²) >= 11 is 0. The molecule has 2 heteroatoms. The lowest BCUT2D eigenvalue weighted by molar-refractivity contribution is 1.18. The van der Waals surface area contributed by atoms with Crippen molar-refractivity contribution in [2.45, 2.75) is 0 Å². The van der Waals surface area contributed by atoms with Crippen LogP contribution in [-0.4, -0.2) is 9.13 Å². The summed E-state index contributed by atoms with van der Waals surface area (Å²) in [6, 6.07) is 66.7. The molecule has 2 aromatic heterocycles. The molecule has 11 aromatic rings. The first-order chi connectivity index (χ1) is 24.8. The maximum atomic E-state index is 2.44. The first kappa shape index (κ1) is 27.3. The van der Waals surface area contributed by atoms with Crippen molar-refractivity contribution >= 4 is 75.9 Å². The summed E-state index contributed by atoms with van der Waals surface area (Å²) in [6.07, 6.45) is 0. The van der Waals surface area contributed by atoms with Crippen LogP contribution in [0.5, 0.6) is 0 Å². The summed E-state index contributed by atoms with van der Waals surface area (Å²) in [5.74, 6) is 0. The SMILES string of the molecule is c1ccc(-n2c3ccc(-c4ccc(-n5c6ccc7ccccc7c6c6c7ccccc7ccc65)cc4)cc3c3c4ccccc4ccc32)cc1. The second-order valence-corrected chi connectivity index (χ2v) is 13.3. The van der Waals surface area contributed by atoms with E-state index in [9.17, 15) is 0 Å². The fourth-order valence-electron chi connectivity index (χ4n) is 8.45. The van der Waals surface area contributed by atoms with Crippen LogP contribution in [0, 0.1) is 0 Å². The van der Waals surface area contributed by atoms with Gasteiger partial charge in [0.1, 0.15) is 0 Å². The number of aromatic nitrogens is 2. The first-order valence-electron chi connectivity index (χ1n) is 17.3. The zero-order valence-electron chi connectivity index (χ0n) is 27.2. The number of benzene rings is 9. The van der Waals surface area contributed by atoms with Crippen molar-refractivity contribution in [2.24, 2.45) is 0 Å². The van der Waals surface area contributed by atoms with E-state index in [1.807, 2.05) is 0 Å². The Hall–Kier alpha value is -6.64. The van der Waals surface area contributed by atoms with Crippen molar-refractivity contribution in [3.05, 3.63) is 182 Å². The molecule has 0 fully saturated rings. The van der Waals surface area contributed by atoms with E-state index in [1.54, 1.807) is 0 Å². The predicted octanol–water partition coefficient (Wildman–Crippen LogP) is 13.0. The highest BCUT2D eigenvalue weighted by Crippen LogP contribution is 2.42. The van der Waals surface area contributed by atoms with E-state index >= 15 is 0 Å². The number of hydrogen-bond donors (Lipinski definition) is 0. The van der Waals surface area contributed by atoms with Crippen molar-refractivity contribution in [2.75, 3.05) is 0 Å². The normalized spacial score (nSPS) is 12.0. The minimum absolute atomic E-state index is 1.16. The van der Waals surface area contributed by atoms with Gasteiger partial charge in [-0.2, -0.15) is 0 Å². The maximum absolute atomic E-state index is 2.44. The van der Waals surface area contributed by atoms with Crippen LogP contribution in [0.1, 0.15) is 0 Å². The van der Waals surface area contributed by atoms with E-state index in [4.69, 9.17) is 0 Å². The fraction of sp³-hybridized carbons (Fsp3) is 0. The summed E-state index contributed by atoms with van der Waals surface area (Å²) < 4.78 is 4.84. The number of rotatable bonds is 3. The molecule has 0 aliphatic rings. The summed E-state index contributed by atoms with van der Waals surface area (Å²) in [6.45, 7) is 0. The predicted molar refractivity (Wildman–Crippen MR) is 213 cm³/mol. The largest absolute Gasteiger partial charge is 0.309 e. The molecule has 0 atom stereocenters. The molecule has 50 heavy (non-hydrogen) atoms. The van der Waals surface area contributed by atoms with Gasteiger partial charge in [0.2, 0.25) is 0 Å². The Morgan fingerprint density at radius 1 is 0.260 bits per heavy atom. The van der Waals surface area contributed by atoms with Crippen LogP contribution >= 0.6 is 0 Å². The minimum atomic E-state index is 1.16. The number of nitrogens with zero attached hydrogens (tertiary/aromatic N) is 2. The highest BCUT2D eigenvalue weighted by Gasteiger charge is 2.18. The lowest BCUT2D eigenvalue weighted by atomic mass is 10.00. The van der Waals surface area contributed by atoms with Crippen LogP contribution in [-0.2, 0) is 0 Å². The van der Waals surface area contributed by atoms with Crippen LogP contribution in [0.4, 0.5) is 0 Å². The number of para-hydroxylation sites is 1. The Labute approximate surface area is 288 Å². The smallest absolute Gasteiger partial charge is 0.0547 e. The van der Waals surface area contributed by atoms with Crippen LogP contribution in [0.3, 0.4) is 0 Å². The molecular formula is C48H30N2. The van der Waals surface area contributed by atoms with Crippen molar-refractivity contribution in [3.63, 3.8) is 0 Å². The van der Waals surface area contributed by atoms with Gasteiger partial charge in [0.05, 0.1) is 22.1 Å². The average molecular weight is 635 g/mol. The first-order valence-corrected chi connectivity index (χ1v) is 17.3. The van der Waals surface area contributed by atoms with Gasteiger partial charge in [-0.05, 0) is 98.0 Å². The second-order valence-electron chi connectivity index (χ2n) is 13.3. The summed E-state index contributed by atoms with van der Waals surface area (Å²) in [5, 5.41) is 12.8. The van der Waals surface area contributed by atoms with E-state index in [0.29, 0.717) is 0 Å². The molecule has 0 bridgehead atoms. The van der Waals surface area contributed by atoms with Gasteiger partial charge in [0.15, 0.2) is 0 Å². The standard InChI is InChI=1S/C48H30N2/c1-2-13-36(14-3-1)49-42-26-23-35(30-41(42)46-38-15-7-4-10-32(38)20-27-43(46)49)31-18-24-37(25-19-31)50-44-28-21-33-11-5-8-16-39(33)47(44)48-40-17-9-6-12-34(40)22-29-45(48)50/h1-30H. The average Bonchev–Trinajstić information content (AvgIpc) is 3.72. The molecule has 0 saturated carbocycles. The van der Waals surface area contributed by atoms with Crippen LogP contribution in [0.15, 0.2) is 182 Å². The Bertz CT molecular complexity index is 3030. The summed E-state index contributed by atoms with van der Waals surface area (Å²) in [7, 11) is 0. The quantitative estimate of drug-likeness (QED) is 0.183.